The summed E-state index contributed by atoms with van der Waals surface area (Å²) in [5.74, 6) is 0.838. The number of aryl methyl sites for hydroxylation is 1. The zero-order valence-corrected chi connectivity index (χ0v) is 12.3. The summed E-state index contributed by atoms with van der Waals surface area (Å²) in [6.07, 6.45) is 7.59. The lowest BCUT2D eigenvalue weighted by Crippen LogP contribution is -1.87. The minimum absolute atomic E-state index is 0.838. The first-order valence-electron chi connectivity index (χ1n) is 6.99. The molecule has 2 heteroatoms. The summed E-state index contributed by atoms with van der Waals surface area (Å²) in [7, 11) is 0. The van der Waals surface area contributed by atoms with Crippen molar-refractivity contribution >= 4 is 23.1 Å². The lowest BCUT2D eigenvalue weighted by Gasteiger charge is -2.05. The first-order chi connectivity index (χ1) is 10.3. The van der Waals surface area contributed by atoms with E-state index in [0.717, 1.165) is 39.1 Å². The topological polar surface area (TPSA) is 26.0 Å². The molecule has 0 unspecified atom stereocenters. The van der Waals surface area contributed by atoms with E-state index in [0.29, 0.717) is 0 Å². The van der Waals surface area contributed by atoms with Crippen LogP contribution in [0.2, 0.25) is 0 Å². The molecule has 0 saturated carbocycles. The minimum atomic E-state index is 0.838. The smallest absolute Gasteiger partial charge is 0.145 e. The van der Waals surface area contributed by atoms with Crippen LogP contribution in [0.3, 0.4) is 0 Å². The highest BCUT2D eigenvalue weighted by atomic mass is 16.3. The maximum absolute atomic E-state index is 6.10. The van der Waals surface area contributed by atoms with Crippen molar-refractivity contribution in [2.45, 2.75) is 13.8 Å². The second-order valence-electron chi connectivity index (χ2n) is 4.93. The van der Waals surface area contributed by atoms with Crippen molar-refractivity contribution in [2.75, 3.05) is 0 Å². The molecule has 2 aromatic heterocycles. The Morgan fingerprint density at radius 2 is 2.05 bits per heavy atom. The standard InChI is InChI=1S/C19H17NO/c1-4-8-17-14(5-2)15-11-10-13(3)18(19(15)21-17)16-9-6-7-12-20-16/h4-12H,2H2,1,3H3/b8-4-. The fraction of sp³-hybridized carbons (Fsp3) is 0.105. The van der Waals surface area contributed by atoms with Gasteiger partial charge in [0.15, 0.2) is 0 Å². The Balaban J connectivity index is 2.39. The zero-order chi connectivity index (χ0) is 14.8. The molecule has 0 amide bonds. The van der Waals surface area contributed by atoms with Gasteiger partial charge in [-0.25, -0.2) is 0 Å². The second kappa shape index (κ2) is 5.41. The average Bonchev–Trinajstić information content (AvgIpc) is 2.85. The summed E-state index contributed by atoms with van der Waals surface area (Å²) in [6.45, 7) is 7.97. The lowest BCUT2D eigenvalue weighted by molar-refractivity contribution is 0.604. The minimum Gasteiger partial charge on any atom is -0.455 e. The Kier molecular flexibility index (Phi) is 3.44. The SMILES string of the molecule is C=Cc1c(/C=C\C)oc2c(-c3ccccn3)c(C)ccc12. The Morgan fingerprint density at radius 1 is 1.19 bits per heavy atom. The van der Waals surface area contributed by atoms with E-state index < -0.39 is 0 Å². The molecule has 104 valence electrons. The van der Waals surface area contributed by atoms with E-state index in [1.165, 1.54) is 0 Å². The van der Waals surface area contributed by atoms with Gasteiger partial charge in [-0.3, -0.25) is 4.98 Å². The highest BCUT2D eigenvalue weighted by Crippen LogP contribution is 2.36. The van der Waals surface area contributed by atoms with Crippen molar-refractivity contribution in [3.05, 3.63) is 66.1 Å². The second-order valence-corrected chi connectivity index (χ2v) is 4.93. The number of hydrogen-bond donors (Lipinski definition) is 0. The predicted molar refractivity (Wildman–Crippen MR) is 89.0 cm³/mol. The number of allylic oxidation sites excluding steroid dienone is 1. The average molecular weight is 275 g/mol. The molecule has 0 fully saturated rings. The molecule has 1 aromatic carbocycles. The number of furan rings is 1. The highest BCUT2D eigenvalue weighted by Gasteiger charge is 2.16. The quantitative estimate of drug-likeness (QED) is 0.632. The van der Waals surface area contributed by atoms with Crippen LogP contribution in [-0.4, -0.2) is 4.98 Å². The maximum Gasteiger partial charge on any atom is 0.145 e. The normalized spacial score (nSPS) is 11.3. The van der Waals surface area contributed by atoms with Gasteiger partial charge < -0.3 is 4.42 Å². The van der Waals surface area contributed by atoms with Crippen molar-refractivity contribution in [1.82, 2.24) is 4.98 Å². The molecule has 0 aliphatic heterocycles. The van der Waals surface area contributed by atoms with Gasteiger partial charge >= 0.3 is 0 Å². The van der Waals surface area contributed by atoms with Crippen LogP contribution in [0.4, 0.5) is 0 Å². The summed E-state index contributed by atoms with van der Waals surface area (Å²) >= 11 is 0. The monoisotopic (exact) mass is 275 g/mol. The third kappa shape index (κ3) is 2.19. The summed E-state index contributed by atoms with van der Waals surface area (Å²) in [6, 6.07) is 10.1. The van der Waals surface area contributed by atoms with E-state index in [1.54, 1.807) is 6.20 Å². The fourth-order valence-corrected chi connectivity index (χ4v) is 2.61. The number of benzene rings is 1. The molecular weight excluding hydrogens is 258 g/mol. The fourth-order valence-electron chi connectivity index (χ4n) is 2.61. The molecule has 3 aromatic rings. The summed E-state index contributed by atoms with van der Waals surface area (Å²) in [5.41, 5.74) is 5.03. The van der Waals surface area contributed by atoms with Crippen molar-refractivity contribution in [1.29, 1.82) is 0 Å². The number of rotatable bonds is 3. The lowest BCUT2D eigenvalue weighted by atomic mass is 10.0. The van der Waals surface area contributed by atoms with E-state index in [1.807, 2.05) is 43.4 Å². The van der Waals surface area contributed by atoms with Gasteiger partial charge in [0.2, 0.25) is 0 Å². The van der Waals surface area contributed by atoms with E-state index in [-0.39, 0.29) is 0 Å². The Labute approximate surface area is 124 Å². The van der Waals surface area contributed by atoms with Crippen LogP contribution in [0.25, 0.3) is 34.4 Å². The first-order valence-corrected chi connectivity index (χ1v) is 6.99. The Morgan fingerprint density at radius 3 is 2.71 bits per heavy atom. The van der Waals surface area contributed by atoms with Gasteiger partial charge in [-0.05, 0) is 37.6 Å². The van der Waals surface area contributed by atoms with E-state index in [2.05, 4.69) is 30.6 Å². The molecular formula is C19H17NO. The van der Waals surface area contributed by atoms with Crippen molar-refractivity contribution < 1.29 is 4.42 Å². The van der Waals surface area contributed by atoms with Gasteiger partial charge in [0.25, 0.3) is 0 Å². The van der Waals surface area contributed by atoms with Crippen molar-refractivity contribution in [2.24, 2.45) is 0 Å². The molecule has 21 heavy (non-hydrogen) atoms. The van der Waals surface area contributed by atoms with Gasteiger partial charge in [-0.2, -0.15) is 0 Å². The Bertz CT molecular complexity index is 826. The van der Waals surface area contributed by atoms with Gasteiger partial charge in [-0.15, -0.1) is 0 Å². The molecule has 0 N–H and O–H groups in total. The molecule has 2 heterocycles. The molecule has 0 atom stereocenters. The first kappa shape index (κ1) is 13.4. The number of fused-ring (bicyclic) bond motifs is 1. The summed E-state index contributed by atoms with van der Waals surface area (Å²) in [4.78, 5) is 4.47. The van der Waals surface area contributed by atoms with Crippen molar-refractivity contribution in [3.8, 4) is 11.3 Å². The van der Waals surface area contributed by atoms with Gasteiger partial charge in [0.05, 0.1) is 5.69 Å². The van der Waals surface area contributed by atoms with Crippen LogP contribution in [0.1, 0.15) is 23.8 Å². The summed E-state index contributed by atoms with van der Waals surface area (Å²) in [5, 5.41) is 1.07. The molecule has 0 radical (unpaired) electrons. The molecule has 2 nitrogen and oxygen atoms in total. The Hall–Kier alpha value is -2.61. The predicted octanol–water partition coefficient (Wildman–Crippen LogP) is 5.48. The van der Waals surface area contributed by atoms with Crippen molar-refractivity contribution in [3.63, 3.8) is 0 Å². The van der Waals surface area contributed by atoms with Gasteiger partial charge in [0.1, 0.15) is 11.3 Å². The molecule has 0 saturated heterocycles. The third-order valence-corrected chi connectivity index (χ3v) is 3.58. The molecule has 0 aliphatic carbocycles. The maximum atomic E-state index is 6.10. The largest absolute Gasteiger partial charge is 0.455 e. The molecule has 0 bridgehead atoms. The van der Waals surface area contributed by atoms with E-state index in [4.69, 9.17) is 4.42 Å². The third-order valence-electron chi connectivity index (χ3n) is 3.58. The van der Waals surface area contributed by atoms with Crippen LogP contribution in [0.5, 0.6) is 0 Å². The summed E-state index contributed by atoms with van der Waals surface area (Å²) < 4.78 is 6.10. The van der Waals surface area contributed by atoms with Crippen LogP contribution in [0, 0.1) is 6.92 Å². The van der Waals surface area contributed by atoms with Crippen LogP contribution < -0.4 is 0 Å². The van der Waals surface area contributed by atoms with Crippen LogP contribution >= 0.6 is 0 Å². The molecule has 0 aliphatic rings. The van der Waals surface area contributed by atoms with E-state index in [9.17, 15) is 0 Å². The molecule has 3 rings (SSSR count). The highest BCUT2D eigenvalue weighted by molar-refractivity contribution is 5.99. The van der Waals surface area contributed by atoms with Crippen LogP contribution in [-0.2, 0) is 0 Å². The number of hydrogen-bond acceptors (Lipinski definition) is 2. The van der Waals surface area contributed by atoms with E-state index >= 15 is 0 Å². The number of aromatic nitrogens is 1. The number of nitrogens with zero attached hydrogens (tertiary/aromatic N) is 1. The van der Waals surface area contributed by atoms with Gasteiger partial charge in [0, 0.05) is 22.7 Å². The molecule has 0 spiro atoms. The zero-order valence-electron chi connectivity index (χ0n) is 12.3. The van der Waals surface area contributed by atoms with Crippen LogP contribution in [0.15, 0.2) is 53.6 Å². The number of pyridine rings is 1. The van der Waals surface area contributed by atoms with Gasteiger partial charge in [-0.1, -0.05) is 36.9 Å².